The molecular weight excluding hydrogens is 1600 g/mol. The lowest BCUT2D eigenvalue weighted by Crippen LogP contribution is -2.28. The van der Waals surface area contributed by atoms with Gasteiger partial charge in [-0.3, -0.25) is 0 Å². The third-order valence-corrected chi connectivity index (χ3v) is 27.7. The van der Waals surface area contributed by atoms with E-state index in [2.05, 4.69) is 425 Å². The van der Waals surface area contributed by atoms with Gasteiger partial charge < -0.3 is 4.42 Å². The predicted molar refractivity (Wildman–Crippen MR) is 533 cm³/mol. The van der Waals surface area contributed by atoms with Crippen LogP contribution in [0.15, 0.2) is 465 Å². The van der Waals surface area contributed by atoms with Crippen LogP contribution in [0, 0.1) is 0 Å². The summed E-state index contributed by atoms with van der Waals surface area (Å²) in [6.45, 7) is 0. The van der Waals surface area contributed by atoms with Gasteiger partial charge in [-0.1, -0.05) is 413 Å². The molecule has 606 valence electrons. The summed E-state index contributed by atoms with van der Waals surface area (Å²) in [5.41, 5.74) is 33.4. The van der Waals surface area contributed by atoms with Crippen molar-refractivity contribution < 1.29 is 4.42 Å². The Bertz CT molecular complexity index is 8290. The molecule has 0 fully saturated rings. The summed E-state index contributed by atoms with van der Waals surface area (Å²) in [5.74, 6) is 3.55. The van der Waals surface area contributed by atoms with Crippen molar-refractivity contribution in [3.05, 3.63) is 506 Å². The van der Waals surface area contributed by atoms with E-state index < -0.39 is 10.8 Å². The van der Waals surface area contributed by atoms with Crippen molar-refractivity contribution in [1.82, 2.24) is 29.9 Å². The van der Waals surface area contributed by atoms with Gasteiger partial charge >= 0.3 is 0 Å². The number of hydrogen-bond donors (Lipinski definition) is 0. The lowest BCUT2D eigenvalue weighted by Gasteiger charge is -2.34. The molecule has 0 aliphatic heterocycles. The van der Waals surface area contributed by atoms with Crippen molar-refractivity contribution in [2.75, 3.05) is 0 Å². The van der Waals surface area contributed by atoms with Gasteiger partial charge in [0.1, 0.15) is 11.2 Å². The van der Waals surface area contributed by atoms with E-state index >= 15 is 0 Å². The Morgan fingerprint density at radius 1 is 0.169 bits per heavy atom. The average Bonchev–Trinajstić information content (AvgIpc) is 1.53. The monoisotopic (exact) mass is 1670 g/mol. The molecule has 4 heterocycles. The molecule has 7 nitrogen and oxygen atoms in total. The van der Waals surface area contributed by atoms with Crippen molar-refractivity contribution >= 4 is 53.4 Å². The van der Waals surface area contributed by atoms with E-state index in [1.165, 1.54) is 86.9 Å². The van der Waals surface area contributed by atoms with Crippen molar-refractivity contribution in [3.8, 4) is 157 Å². The summed E-state index contributed by atoms with van der Waals surface area (Å²) < 4.78 is 9.57. The van der Waals surface area contributed by atoms with Crippen LogP contribution in [0.5, 0.6) is 0 Å². The van der Waals surface area contributed by atoms with E-state index in [1.807, 2.05) is 47.7 Å². The largest absolute Gasteiger partial charge is 0.456 e. The van der Waals surface area contributed by atoms with E-state index in [9.17, 15) is 0 Å². The van der Waals surface area contributed by atoms with E-state index in [4.69, 9.17) is 34.3 Å². The fourth-order valence-electron chi connectivity index (χ4n) is 20.6. The predicted octanol–water partition coefficient (Wildman–Crippen LogP) is 31.1. The highest BCUT2D eigenvalue weighted by atomic mass is 32.1. The SMILES string of the molecule is c1ccc(-c2ccc(-c3nc(-c4ccc(-c5ccccc5)cc4)nc(-c4ccccc4-c4ccc5c(c4)sc4cc(C6(c7ccccc7)c7ccccc7-c7cc(-c8ccc9c(c8)-c8ccccc8C9(c8ccccc8)c8ccc9c(c8)oc8cccc(-c%10nc(-c%11ccccc%11)nc(-c%11cccc(-c%12cccc(-c%13ccccc%13)c%12)c%11)n%10)c89)ccc76)ccc45)n3)cc2)cc1. The standard InChI is InChI=1S/C122H76N6OS/c1-7-28-77(29-8-1)80-52-56-83(57-53-80)116-123-117(84-58-54-81(55-59-84)78-30-9-2-10-31-78)126-119(125-116)101-47-20-19-44-96(101)90-60-65-99-100-66-63-95(76-113(100)130-112(99)74-90)122(93-42-17-6-18-43-93)107-50-24-22-46-98(107)105-73-89(62-69-109(105)122)88-61-68-108-104(72-88)97-45-21-23-49-106(97)121(108,92-40-15-5-16-41-92)94-64-67-102-111(75-94)129-110-51-27-48-103(114(102)110)120-127-115(82-34-13-4-14-35-82)124-118(128-120)91-39-26-38-87(71-91)86-37-25-36-85(70-86)79-32-11-3-12-33-79/h1-76H. The number of thiophene rings is 1. The van der Waals surface area contributed by atoms with Crippen LogP contribution in [-0.2, 0) is 10.8 Å². The van der Waals surface area contributed by atoms with Crippen LogP contribution >= 0.6 is 11.3 Å². The van der Waals surface area contributed by atoms with Gasteiger partial charge in [0, 0.05) is 64.3 Å². The van der Waals surface area contributed by atoms with Crippen LogP contribution in [0.2, 0.25) is 0 Å². The first-order valence-corrected chi connectivity index (χ1v) is 45.0. The lowest BCUT2D eigenvalue weighted by atomic mass is 9.67. The molecule has 4 aromatic heterocycles. The quantitative estimate of drug-likeness (QED) is 0.0952. The molecule has 25 rings (SSSR count). The van der Waals surface area contributed by atoms with Crippen LogP contribution < -0.4 is 0 Å². The first kappa shape index (κ1) is 75.7. The molecule has 0 saturated carbocycles. The van der Waals surface area contributed by atoms with Gasteiger partial charge in [0.15, 0.2) is 34.9 Å². The maximum Gasteiger partial charge on any atom is 0.164 e. The molecule has 0 bridgehead atoms. The number of furan rings is 1. The minimum absolute atomic E-state index is 0.559. The Morgan fingerprint density at radius 3 is 1.02 bits per heavy atom. The molecule has 0 radical (unpaired) electrons. The second-order valence-corrected chi connectivity index (χ2v) is 34.9. The highest BCUT2D eigenvalue weighted by Gasteiger charge is 2.49. The Kier molecular flexibility index (Phi) is 18.1. The Labute approximate surface area is 756 Å². The maximum absolute atomic E-state index is 7.15. The van der Waals surface area contributed by atoms with Crippen LogP contribution in [0.25, 0.3) is 199 Å². The van der Waals surface area contributed by atoms with E-state index in [0.29, 0.717) is 34.9 Å². The van der Waals surface area contributed by atoms with Crippen molar-refractivity contribution in [3.63, 3.8) is 0 Å². The summed E-state index contributed by atoms with van der Waals surface area (Å²) in [6, 6.07) is 167. The fourth-order valence-corrected chi connectivity index (χ4v) is 21.7. The molecule has 2 atom stereocenters. The van der Waals surface area contributed by atoms with Gasteiger partial charge in [-0.25, -0.2) is 29.9 Å². The third kappa shape index (κ3) is 12.6. The maximum atomic E-state index is 7.15. The summed E-state index contributed by atoms with van der Waals surface area (Å²) in [4.78, 5) is 31.8. The summed E-state index contributed by atoms with van der Waals surface area (Å²) in [5, 5.41) is 4.35. The zero-order valence-corrected chi connectivity index (χ0v) is 71.2. The molecular formula is C122H76N6OS. The molecule has 2 unspecified atom stereocenters. The smallest absolute Gasteiger partial charge is 0.164 e. The second-order valence-electron chi connectivity index (χ2n) is 33.8. The molecule has 130 heavy (non-hydrogen) atoms. The Hall–Kier alpha value is -16.8. The van der Waals surface area contributed by atoms with Crippen LogP contribution in [-0.4, -0.2) is 29.9 Å². The summed E-state index contributed by atoms with van der Waals surface area (Å²) >= 11 is 1.85. The molecule has 0 spiro atoms. The highest BCUT2D eigenvalue weighted by Crippen LogP contribution is 2.61. The van der Waals surface area contributed by atoms with Crippen LogP contribution in [0.4, 0.5) is 0 Å². The number of aromatic nitrogens is 6. The molecule has 0 N–H and O–H groups in total. The van der Waals surface area contributed by atoms with Gasteiger partial charge in [0.25, 0.3) is 0 Å². The van der Waals surface area contributed by atoms with Crippen molar-refractivity contribution in [2.24, 2.45) is 0 Å². The van der Waals surface area contributed by atoms with Gasteiger partial charge in [0.05, 0.1) is 10.8 Å². The summed E-state index contributed by atoms with van der Waals surface area (Å²) in [7, 11) is 0. The van der Waals surface area contributed by atoms with Gasteiger partial charge in [0.2, 0.25) is 0 Å². The van der Waals surface area contributed by atoms with Crippen molar-refractivity contribution in [1.29, 1.82) is 0 Å². The number of fused-ring (bicyclic) bond motifs is 12. The molecule has 0 amide bonds. The minimum Gasteiger partial charge on any atom is -0.456 e. The van der Waals surface area contributed by atoms with Crippen LogP contribution in [0.1, 0.15) is 44.5 Å². The molecule has 0 saturated heterocycles. The zero-order chi connectivity index (χ0) is 85.8. The molecule has 8 heteroatoms. The van der Waals surface area contributed by atoms with E-state index in [0.717, 1.165) is 122 Å². The van der Waals surface area contributed by atoms with E-state index in [1.54, 1.807) is 0 Å². The summed E-state index contributed by atoms with van der Waals surface area (Å²) in [6.07, 6.45) is 0. The van der Waals surface area contributed by atoms with Gasteiger partial charge in [-0.2, -0.15) is 0 Å². The molecule has 19 aromatic carbocycles. The zero-order valence-electron chi connectivity index (χ0n) is 70.4. The number of rotatable bonds is 16. The molecule has 2 aliphatic carbocycles. The lowest BCUT2D eigenvalue weighted by molar-refractivity contribution is 0.665. The first-order valence-electron chi connectivity index (χ1n) is 44.2. The minimum atomic E-state index is -0.732. The van der Waals surface area contributed by atoms with Gasteiger partial charge in [-0.05, 0) is 182 Å². The van der Waals surface area contributed by atoms with Gasteiger partial charge in [-0.15, -0.1) is 11.3 Å². The number of nitrogens with zero attached hydrogens (tertiary/aromatic N) is 6. The number of hydrogen-bond acceptors (Lipinski definition) is 8. The first-order chi connectivity index (χ1) is 64.4. The average molecular weight is 1670 g/mol. The second kappa shape index (κ2) is 31.1. The Morgan fingerprint density at radius 2 is 0.492 bits per heavy atom. The number of benzene rings is 19. The topological polar surface area (TPSA) is 90.5 Å². The normalized spacial score (nSPS) is 14.2. The van der Waals surface area contributed by atoms with E-state index in [-0.39, 0.29) is 0 Å². The third-order valence-electron chi connectivity index (χ3n) is 26.6. The molecule has 23 aromatic rings. The molecule has 2 aliphatic rings. The van der Waals surface area contributed by atoms with Crippen LogP contribution in [0.3, 0.4) is 0 Å². The fraction of sp³-hybridized carbons (Fsp3) is 0.0164. The van der Waals surface area contributed by atoms with Crippen molar-refractivity contribution in [2.45, 2.75) is 10.8 Å². The Balaban J connectivity index is 0.571. The highest BCUT2D eigenvalue weighted by molar-refractivity contribution is 7.25.